The maximum atomic E-state index is 13.2. The highest BCUT2D eigenvalue weighted by Gasteiger charge is 2.24. The number of nitrogens with one attached hydrogen (secondary N) is 1. The van der Waals surface area contributed by atoms with E-state index in [1.807, 2.05) is 42.5 Å². The van der Waals surface area contributed by atoms with Crippen LogP contribution in [0.3, 0.4) is 0 Å². The number of nitrogens with zero attached hydrogens (tertiary/aromatic N) is 2. The van der Waals surface area contributed by atoms with Crippen LogP contribution < -0.4 is 10.1 Å². The van der Waals surface area contributed by atoms with Crippen LogP contribution in [0.5, 0.6) is 5.75 Å². The monoisotopic (exact) mass is 405 g/mol. The number of hydrogen-bond acceptors (Lipinski definition) is 5. The molecule has 1 amide bonds. The second kappa shape index (κ2) is 9.01. The zero-order chi connectivity index (χ0) is 20.1. The number of amides is 1. The summed E-state index contributed by atoms with van der Waals surface area (Å²) in [5, 5.41) is 3.79. The molecule has 0 saturated heterocycles. The minimum absolute atomic E-state index is 0.109. The lowest BCUT2D eigenvalue weighted by molar-refractivity contribution is 0.102. The van der Waals surface area contributed by atoms with Gasteiger partial charge in [0.1, 0.15) is 10.8 Å². The molecular weight excluding hydrogens is 382 g/mol. The molecule has 0 fully saturated rings. The van der Waals surface area contributed by atoms with Crippen LogP contribution in [-0.2, 0) is 12.8 Å². The van der Waals surface area contributed by atoms with E-state index in [0.29, 0.717) is 5.56 Å². The summed E-state index contributed by atoms with van der Waals surface area (Å²) in [6.45, 7) is 0. The van der Waals surface area contributed by atoms with Crippen molar-refractivity contribution in [1.82, 2.24) is 4.98 Å². The van der Waals surface area contributed by atoms with E-state index in [0.717, 1.165) is 53.4 Å². The quantitative estimate of drug-likeness (QED) is 0.455. The maximum Gasteiger partial charge on any atom is 0.259 e. The Hall–Kier alpha value is -2.99. The van der Waals surface area contributed by atoms with Gasteiger partial charge in [0.15, 0.2) is 0 Å². The predicted octanol–water partition coefficient (Wildman–Crippen LogP) is 5.42. The van der Waals surface area contributed by atoms with Gasteiger partial charge in [-0.2, -0.15) is 0 Å². The van der Waals surface area contributed by atoms with Gasteiger partial charge in [-0.15, -0.1) is 11.3 Å². The fourth-order valence-corrected chi connectivity index (χ4v) is 4.73. The van der Waals surface area contributed by atoms with Gasteiger partial charge in [0.05, 0.1) is 24.6 Å². The van der Waals surface area contributed by atoms with Crippen molar-refractivity contribution in [2.24, 2.45) is 4.99 Å². The van der Waals surface area contributed by atoms with Crippen molar-refractivity contribution in [3.8, 4) is 5.75 Å². The lowest BCUT2D eigenvalue weighted by Crippen LogP contribution is -2.13. The van der Waals surface area contributed by atoms with Crippen LogP contribution in [0.4, 0.5) is 10.7 Å². The molecule has 0 unspecified atom stereocenters. The number of pyridine rings is 1. The van der Waals surface area contributed by atoms with Gasteiger partial charge < -0.3 is 10.1 Å². The van der Waals surface area contributed by atoms with Gasteiger partial charge in [-0.25, -0.2) is 4.99 Å². The molecule has 1 aromatic carbocycles. The summed E-state index contributed by atoms with van der Waals surface area (Å²) in [6, 6.07) is 13.1. The van der Waals surface area contributed by atoms with Gasteiger partial charge in [0.2, 0.25) is 0 Å². The Morgan fingerprint density at radius 1 is 1.14 bits per heavy atom. The first-order valence-corrected chi connectivity index (χ1v) is 10.6. The molecule has 2 heterocycles. The highest BCUT2D eigenvalue weighted by atomic mass is 32.1. The molecule has 1 aliphatic rings. The number of ether oxygens (including phenoxy) is 1. The maximum absolute atomic E-state index is 13.2. The average Bonchev–Trinajstić information content (AvgIpc) is 2.95. The lowest BCUT2D eigenvalue weighted by atomic mass is 10.0. The molecule has 0 aliphatic heterocycles. The third kappa shape index (κ3) is 4.54. The topological polar surface area (TPSA) is 63.6 Å². The number of aromatic nitrogens is 1. The van der Waals surface area contributed by atoms with E-state index in [9.17, 15) is 4.79 Å². The summed E-state index contributed by atoms with van der Waals surface area (Å²) in [5.74, 6) is 0.649. The van der Waals surface area contributed by atoms with Gasteiger partial charge in [-0.1, -0.05) is 12.5 Å². The second-order valence-electron chi connectivity index (χ2n) is 6.94. The first kappa shape index (κ1) is 19.3. The standard InChI is InChI=1S/C23H23N3O2S/c1-28-18-12-10-16(11-13-18)26-22(27)21-19-8-3-2-4-9-20(19)29-23(21)25-15-17-7-5-6-14-24-17/h5-7,10-15H,2-4,8-9H2,1H3,(H,26,27). The molecular formula is C23H23N3O2S. The van der Waals surface area contributed by atoms with E-state index in [2.05, 4.69) is 15.3 Å². The van der Waals surface area contributed by atoms with Crippen molar-refractivity contribution >= 4 is 34.1 Å². The minimum atomic E-state index is -0.109. The predicted molar refractivity (Wildman–Crippen MR) is 118 cm³/mol. The Morgan fingerprint density at radius 3 is 2.72 bits per heavy atom. The summed E-state index contributed by atoms with van der Waals surface area (Å²) in [5.41, 5.74) is 3.38. The number of hydrogen-bond donors (Lipinski definition) is 1. The van der Waals surface area contributed by atoms with Gasteiger partial charge in [0, 0.05) is 16.8 Å². The summed E-state index contributed by atoms with van der Waals surface area (Å²) in [6.07, 6.45) is 8.88. The van der Waals surface area contributed by atoms with E-state index in [1.165, 1.54) is 11.3 Å². The SMILES string of the molecule is COc1ccc(NC(=O)c2c(N=Cc3ccccn3)sc3c2CCCCC3)cc1. The molecule has 0 atom stereocenters. The Balaban J connectivity index is 1.66. The highest BCUT2D eigenvalue weighted by Crippen LogP contribution is 2.39. The number of benzene rings is 1. The van der Waals surface area contributed by atoms with Gasteiger partial charge in [-0.05, 0) is 67.6 Å². The smallest absolute Gasteiger partial charge is 0.259 e. The second-order valence-corrected chi connectivity index (χ2v) is 8.02. The summed E-state index contributed by atoms with van der Waals surface area (Å²) < 4.78 is 5.19. The van der Waals surface area contributed by atoms with Crippen molar-refractivity contribution in [1.29, 1.82) is 0 Å². The fourth-order valence-electron chi connectivity index (χ4n) is 3.50. The van der Waals surface area contributed by atoms with Crippen molar-refractivity contribution in [3.63, 3.8) is 0 Å². The first-order valence-electron chi connectivity index (χ1n) is 9.79. The molecule has 2 aromatic heterocycles. The Morgan fingerprint density at radius 2 is 1.97 bits per heavy atom. The third-order valence-electron chi connectivity index (χ3n) is 4.98. The largest absolute Gasteiger partial charge is 0.497 e. The van der Waals surface area contributed by atoms with Crippen LogP contribution in [-0.4, -0.2) is 24.2 Å². The summed E-state index contributed by atoms with van der Waals surface area (Å²) in [4.78, 5) is 23.5. The van der Waals surface area contributed by atoms with E-state index < -0.39 is 0 Å². The molecule has 0 radical (unpaired) electrons. The third-order valence-corrected chi connectivity index (χ3v) is 6.18. The van der Waals surface area contributed by atoms with Crippen molar-refractivity contribution < 1.29 is 9.53 Å². The molecule has 29 heavy (non-hydrogen) atoms. The highest BCUT2D eigenvalue weighted by molar-refractivity contribution is 7.16. The number of fused-ring (bicyclic) bond motifs is 1. The lowest BCUT2D eigenvalue weighted by Gasteiger charge is -2.08. The number of carbonyl (C=O) groups excluding carboxylic acids is 1. The molecule has 4 rings (SSSR count). The van der Waals surface area contributed by atoms with Gasteiger partial charge in [-0.3, -0.25) is 9.78 Å². The number of rotatable bonds is 5. The Bertz CT molecular complexity index is 1010. The zero-order valence-corrected chi connectivity index (χ0v) is 17.2. The molecule has 0 saturated carbocycles. The zero-order valence-electron chi connectivity index (χ0n) is 16.4. The number of methoxy groups -OCH3 is 1. The van der Waals surface area contributed by atoms with Crippen LogP contribution in [0, 0.1) is 0 Å². The van der Waals surface area contributed by atoms with Crippen LogP contribution in [0.25, 0.3) is 0 Å². The molecule has 6 heteroatoms. The van der Waals surface area contributed by atoms with Crippen molar-refractivity contribution in [2.45, 2.75) is 32.1 Å². The van der Waals surface area contributed by atoms with Crippen LogP contribution >= 0.6 is 11.3 Å². The van der Waals surface area contributed by atoms with E-state index >= 15 is 0 Å². The van der Waals surface area contributed by atoms with E-state index in [-0.39, 0.29) is 5.91 Å². The molecule has 0 spiro atoms. The Kier molecular flexibility index (Phi) is 6.00. The van der Waals surface area contributed by atoms with Crippen LogP contribution in [0.2, 0.25) is 0 Å². The number of aryl methyl sites for hydroxylation is 1. The van der Waals surface area contributed by atoms with Crippen molar-refractivity contribution in [3.05, 3.63) is 70.4 Å². The van der Waals surface area contributed by atoms with Crippen molar-refractivity contribution in [2.75, 3.05) is 12.4 Å². The summed E-state index contributed by atoms with van der Waals surface area (Å²) >= 11 is 1.63. The number of anilines is 1. The first-order chi connectivity index (χ1) is 14.2. The van der Waals surface area contributed by atoms with Crippen LogP contribution in [0.15, 0.2) is 53.7 Å². The molecule has 1 aliphatic carbocycles. The Labute approximate surface area is 174 Å². The molecule has 148 valence electrons. The molecule has 5 nitrogen and oxygen atoms in total. The molecule has 0 bridgehead atoms. The van der Waals surface area contributed by atoms with E-state index in [1.54, 1.807) is 30.9 Å². The minimum Gasteiger partial charge on any atom is -0.497 e. The molecule has 1 N–H and O–H groups in total. The summed E-state index contributed by atoms with van der Waals surface area (Å²) in [7, 11) is 1.63. The van der Waals surface area contributed by atoms with Gasteiger partial charge in [0.25, 0.3) is 5.91 Å². The number of carbonyl (C=O) groups is 1. The van der Waals surface area contributed by atoms with Gasteiger partial charge >= 0.3 is 0 Å². The normalized spacial score (nSPS) is 13.7. The van der Waals surface area contributed by atoms with Crippen LogP contribution in [0.1, 0.15) is 45.8 Å². The molecule has 3 aromatic rings. The fraction of sp³-hybridized carbons (Fsp3) is 0.261. The number of aliphatic imine (C=N–C) groups is 1. The number of thiophene rings is 1. The van der Waals surface area contributed by atoms with E-state index in [4.69, 9.17) is 4.74 Å². The average molecular weight is 406 g/mol.